The number of nitrogens with one attached hydrogen (secondary N) is 1. The molecule has 0 bridgehead atoms. The number of alkyl halides is 3. The number of carbonyl (C=O) groups is 1. The Morgan fingerprint density at radius 1 is 1.24 bits per heavy atom. The third-order valence-electron chi connectivity index (χ3n) is 2.54. The molecular formula is C13H8F4N2O2. The van der Waals surface area contributed by atoms with Crippen LogP contribution in [-0.2, 0) is 6.18 Å². The van der Waals surface area contributed by atoms with Crippen molar-refractivity contribution in [2.45, 2.75) is 6.18 Å². The Labute approximate surface area is 116 Å². The number of rotatable bonds is 3. The minimum Gasteiger partial charge on any atom is -0.478 e. The van der Waals surface area contributed by atoms with Crippen molar-refractivity contribution in [3.63, 3.8) is 0 Å². The molecule has 2 N–H and O–H groups in total. The van der Waals surface area contributed by atoms with E-state index in [4.69, 9.17) is 5.11 Å². The van der Waals surface area contributed by atoms with Gasteiger partial charge in [-0.15, -0.1) is 0 Å². The summed E-state index contributed by atoms with van der Waals surface area (Å²) < 4.78 is 50.7. The molecule has 2 rings (SSSR count). The summed E-state index contributed by atoms with van der Waals surface area (Å²) in [6.07, 6.45) is -3.76. The number of hydrogen-bond donors (Lipinski definition) is 2. The maximum Gasteiger partial charge on any atom is 0.416 e. The first-order valence-electron chi connectivity index (χ1n) is 5.60. The molecule has 0 unspecified atom stereocenters. The summed E-state index contributed by atoms with van der Waals surface area (Å²) in [6, 6.07) is 4.88. The van der Waals surface area contributed by atoms with Crippen LogP contribution < -0.4 is 5.32 Å². The molecule has 0 fully saturated rings. The molecule has 21 heavy (non-hydrogen) atoms. The zero-order valence-corrected chi connectivity index (χ0v) is 10.3. The number of anilines is 2. The van der Waals surface area contributed by atoms with Crippen LogP contribution in [0, 0.1) is 5.82 Å². The van der Waals surface area contributed by atoms with Gasteiger partial charge in [-0.3, -0.25) is 0 Å². The maximum atomic E-state index is 13.0. The van der Waals surface area contributed by atoms with Gasteiger partial charge in [-0.25, -0.2) is 14.2 Å². The number of carboxylic acid groups (broad SMARTS) is 1. The molecule has 0 amide bonds. The molecule has 0 aliphatic rings. The van der Waals surface area contributed by atoms with Gasteiger partial charge in [-0.2, -0.15) is 13.2 Å². The highest BCUT2D eigenvalue weighted by molar-refractivity contribution is 5.93. The average Bonchev–Trinajstić information content (AvgIpc) is 2.40. The van der Waals surface area contributed by atoms with Gasteiger partial charge >= 0.3 is 12.1 Å². The maximum absolute atomic E-state index is 13.0. The van der Waals surface area contributed by atoms with Crippen LogP contribution in [0.4, 0.5) is 29.1 Å². The lowest BCUT2D eigenvalue weighted by Gasteiger charge is -2.11. The van der Waals surface area contributed by atoms with Gasteiger partial charge in [0.1, 0.15) is 17.2 Å². The summed E-state index contributed by atoms with van der Waals surface area (Å²) in [5, 5.41) is 11.4. The first-order valence-corrected chi connectivity index (χ1v) is 5.60. The van der Waals surface area contributed by atoms with Crippen molar-refractivity contribution >= 4 is 17.5 Å². The van der Waals surface area contributed by atoms with Crippen LogP contribution in [0.2, 0.25) is 0 Å². The van der Waals surface area contributed by atoms with Crippen molar-refractivity contribution in [1.82, 2.24) is 4.98 Å². The number of nitrogens with zero attached hydrogens (tertiary/aromatic N) is 1. The van der Waals surface area contributed by atoms with Crippen molar-refractivity contribution < 1.29 is 27.5 Å². The van der Waals surface area contributed by atoms with Gasteiger partial charge < -0.3 is 10.4 Å². The smallest absolute Gasteiger partial charge is 0.416 e. The van der Waals surface area contributed by atoms with Crippen LogP contribution in [0.3, 0.4) is 0 Å². The van der Waals surface area contributed by atoms with E-state index in [1.54, 1.807) is 0 Å². The van der Waals surface area contributed by atoms with Crippen LogP contribution in [0.1, 0.15) is 15.9 Å². The van der Waals surface area contributed by atoms with Gasteiger partial charge in [-0.05, 0) is 24.3 Å². The molecule has 110 valence electrons. The quantitative estimate of drug-likeness (QED) is 0.849. The minimum atomic E-state index is -4.52. The summed E-state index contributed by atoms with van der Waals surface area (Å²) >= 11 is 0. The van der Waals surface area contributed by atoms with E-state index in [0.717, 1.165) is 30.5 Å². The van der Waals surface area contributed by atoms with E-state index >= 15 is 0 Å². The highest BCUT2D eigenvalue weighted by Gasteiger charge is 2.30. The van der Waals surface area contributed by atoms with Crippen LogP contribution >= 0.6 is 0 Å². The van der Waals surface area contributed by atoms with Crippen molar-refractivity contribution in [1.29, 1.82) is 0 Å². The summed E-state index contributed by atoms with van der Waals surface area (Å²) in [5.74, 6) is -2.55. The molecule has 0 saturated carbocycles. The molecule has 0 aliphatic heterocycles. The average molecular weight is 300 g/mol. The number of hydrogen-bond acceptors (Lipinski definition) is 3. The van der Waals surface area contributed by atoms with E-state index in [9.17, 15) is 22.4 Å². The topological polar surface area (TPSA) is 62.2 Å². The van der Waals surface area contributed by atoms with E-state index in [-0.39, 0.29) is 11.5 Å². The third kappa shape index (κ3) is 3.47. The van der Waals surface area contributed by atoms with Gasteiger partial charge in [0, 0.05) is 5.69 Å². The predicted octanol–water partition coefficient (Wildman–Crippen LogP) is 3.68. The molecule has 1 heterocycles. The summed E-state index contributed by atoms with van der Waals surface area (Å²) in [5.41, 5.74) is -1.38. The second kappa shape index (κ2) is 5.39. The van der Waals surface area contributed by atoms with Crippen molar-refractivity contribution in [2.24, 2.45) is 0 Å². The first kappa shape index (κ1) is 14.8. The number of aromatic nitrogens is 1. The molecule has 1 aromatic heterocycles. The van der Waals surface area contributed by atoms with Gasteiger partial charge in [0.05, 0.1) is 11.8 Å². The fourth-order valence-corrected chi connectivity index (χ4v) is 1.61. The SMILES string of the molecule is O=C(O)c1cc(F)cnc1Nc1cccc(C(F)(F)F)c1. The molecule has 2 aromatic rings. The van der Waals surface area contributed by atoms with Gasteiger partial charge in [0.15, 0.2) is 0 Å². The lowest BCUT2D eigenvalue weighted by molar-refractivity contribution is -0.137. The molecule has 0 spiro atoms. The predicted molar refractivity (Wildman–Crippen MR) is 65.9 cm³/mol. The number of halogens is 4. The van der Waals surface area contributed by atoms with E-state index in [0.29, 0.717) is 0 Å². The Balaban J connectivity index is 2.37. The number of aromatic carboxylic acids is 1. The zero-order valence-electron chi connectivity index (χ0n) is 10.3. The van der Waals surface area contributed by atoms with Crippen molar-refractivity contribution in [2.75, 3.05) is 5.32 Å². The monoisotopic (exact) mass is 300 g/mol. The Morgan fingerprint density at radius 2 is 1.95 bits per heavy atom. The van der Waals surface area contributed by atoms with Crippen LogP contribution in [0.25, 0.3) is 0 Å². The van der Waals surface area contributed by atoms with E-state index in [1.807, 2.05) is 0 Å². The summed E-state index contributed by atoms with van der Waals surface area (Å²) in [6.45, 7) is 0. The Hall–Kier alpha value is -2.64. The minimum absolute atomic E-state index is 0.00793. The third-order valence-corrected chi connectivity index (χ3v) is 2.54. The summed E-state index contributed by atoms with van der Waals surface area (Å²) in [7, 11) is 0. The van der Waals surface area contributed by atoms with Crippen LogP contribution in [-0.4, -0.2) is 16.1 Å². The fourth-order valence-electron chi connectivity index (χ4n) is 1.61. The number of pyridine rings is 1. The van der Waals surface area contributed by atoms with Gasteiger partial charge in [-0.1, -0.05) is 6.07 Å². The molecule has 0 aliphatic carbocycles. The normalized spacial score (nSPS) is 11.2. The molecule has 4 nitrogen and oxygen atoms in total. The molecule has 8 heteroatoms. The Kier molecular flexibility index (Phi) is 3.79. The summed E-state index contributed by atoms with van der Waals surface area (Å²) in [4.78, 5) is 14.5. The van der Waals surface area contributed by atoms with Gasteiger partial charge in [0.2, 0.25) is 0 Å². The molecule has 0 radical (unpaired) electrons. The zero-order chi connectivity index (χ0) is 15.6. The first-order chi connectivity index (χ1) is 9.77. The molecule has 0 saturated heterocycles. The van der Waals surface area contributed by atoms with E-state index in [1.165, 1.54) is 6.07 Å². The largest absolute Gasteiger partial charge is 0.478 e. The molecule has 0 atom stereocenters. The van der Waals surface area contributed by atoms with Crippen LogP contribution in [0.15, 0.2) is 36.5 Å². The molecule has 1 aromatic carbocycles. The Bertz CT molecular complexity index is 686. The highest BCUT2D eigenvalue weighted by atomic mass is 19.4. The highest BCUT2D eigenvalue weighted by Crippen LogP contribution is 2.31. The standard InChI is InChI=1S/C13H8F4N2O2/c14-8-5-10(12(20)21)11(18-6-8)19-9-3-1-2-7(4-9)13(15,16)17/h1-6H,(H,18,19)(H,20,21). The van der Waals surface area contributed by atoms with Crippen molar-refractivity contribution in [3.8, 4) is 0 Å². The number of benzene rings is 1. The Morgan fingerprint density at radius 3 is 2.57 bits per heavy atom. The van der Waals surface area contributed by atoms with E-state index in [2.05, 4.69) is 10.3 Å². The number of carboxylic acids is 1. The lowest BCUT2D eigenvalue weighted by atomic mass is 10.2. The second-order valence-electron chi connectivity index (χ2n) is 4.06. The van der Waals surface area contributed by atoms with Gasteiger partial charge in [0.25, 0.3) is 0 Å². The van der Waals surface area contributed by atoms with E-state index < -0.39 is 29.1 Å². The molecular weight excluding hydrogens is 292 g/mol. The second-order valence-corrected chi connectivity index (χ2v) is 4.06. The van der Waals surface area contributed by atoms with Crippen molar-refractivity contribution in [3.05, 3.63) is 53.5 Å². The fraction of sp³-hybridized carbons (Fsp3) is 0.0769. The lowest BCUT2D eigenvalue weighted by Crippen LogP contribution is -2.08. The van der Waals surface area contributed by atoms with Crippen LogP contribution in [0.5, 0.6) is 0 Å².